The molecule has 0 amide bonds. The maximum atomic E-state index is 4.44. The van der Waals surface area contributed by atoms with E-state index in [4.69, 9.17) is 0 Å². The molecular formula is C7H16NP. The third-order valence-electron chi connectivity index (χ3n) is 0.953. The minimum absolute atomic E-state index is 1.05. The predicted molar refractivity (Wildman–Crippen MR) is 49.3 cm³/mol. The average Bonchev–Trinajstić information content (AvgIpc) is 1.62. The van der Waals surface area contributed by atoms with Crippen LogP contribution in [0, 0.1) is 0 Å². The van der Waals surface area contributed by atoms with E-state index in [0.717, 1.165) is 6.42 Å². The van der Waals surface area contributed by atoms with E-state index in [1.54, 1.807) is 0 Å². The molecule has 1 nitrogen and oxygen atoms in total. The molecule has 0 aromatic rings. The lowest BCUT2D eigenvalue weighted by molar-refractivity contribution is 1.27. The fourth-order valence-corrected chi connectivity index (χ4v) is 1.60. The quantitative estimate of drug-likeness (QED) is 0.418. The zero-order valence-electron chi connectivity index (χ0n) is 6.81. The first-order valence-corrected chi connectivity index (χ1v) is 6.02. The number of nitrogens with zero attached hydrogens (tertiary/aromatic N) is 1. The van der Waals surface area contributed by atoms with Crippen molar-refractivity contribution < 1.29 is 0 Å². The van der Waals surface area contributed by atoms with Crippen molar-refractivity contribution >= 4 is 19.0 Å². The van der Waals surface area contributed by atoms with Gasteiger partial charge in [-0.25, -0.2) is 0 Å². The predicted octanol–water partition coefficient (Wildman–Crippen LogP) is 2.48. The van der Waals surface area contributed by atoms with Gasteiger partial charge in [-0.2, -0.15) is 0 Å². The van der Waals surface area contributed by atoms with Gasteiger partial charge >= 0.3 is 0 Å². The van der Waals surface area contributed by atoms with Gasteiger partial charge in [-0.05, 0) is 33.7 Å². The van der Waals surface area contributed by atoms with E-state index in [9.17, 15) is 0 Å². The fourth-order valence-electron chi connectivity index (χ4n) is 0.533. The van der Waals surface area contributed by atoms with Gasteiger partial charge in [0.15, 0.2) is 0 Å². The maximum absolute atomic E-state index is 4.44. The standard InChI is InChI=1S/C7H16NP/c1-6-7(2)8-9(3,4)5/h3,6H2,1-2,4-5H3. The van der Waals surface area contributed by atoms with E-state index < -0.39 is 7.04 Å². The Morgan fingerprint density at radius 3 is 2.11 bits per heavy atom. The Kier molecular flexibility index (Phi) is 3.21. The molecule has 54 valence electrons. The second-order valence-electron chi connectivity index (χ2n) is 2.81. The first-order valence-electron chi connectivity index (χ1n) is 3.19. The van der Waals surface area contributed by atoms with Crippen LogP contribution in [0.4, 0.5) is 0 Å². The summed E-state index contributed by atoms with van der Waals surface area (Å²) < 4.78 is 4.44. The van der Waals surface area contributed by atoms with Gasteiger partial charge in [0.2, 0.25) is 0 Å². The zero-order valence-corrected chi connectivity index (χ0v) is 7.70. The Morgan fingerprint density at radius 1 is 1.56 bits per heavy atom. The van der Waals surface area contributed by atoms with Crippen LogP contribution in [0.5, 0.6) is 0 Å². The Bertz CT molecular complexity index is 152. The first kappa shape index (κ1) is 8.97. The summed E-state index contributed by atoms with van der Waals surface area (Å²) in [5, 5.41) is 0. The van der Waals surface area contributed by atoms with Crippen LogP contribution in [0.2, 0.25) is 0 Å². The third-order valence-corrected chi connectivity index (χ3v) is 1.84. The van der Waals surface area contributed by atoms with Crippen molar-refractivity contribution in [1.29, 1.82) is 0 Å². The van der Waals surface area contributed by atoms with Crippen molar-refractivity contribution in [3.63, 3.8) is 0 Å². The van der Waals surface area contributed by atoms with Crippen molar-refractivity contribution in [2.24, 2.45) is 4.76 Å². The Balaban J connectivity index is 4.13. The fraction of sp³-hybridized carbons (Fsp3) is 0.714. The second-order valence-corrected chi connectivity index (χ2v) is 6.25. The molecule has 0 radical (unpaired) electrons. The van der Waals surface area contributed by atoms with E-state index in [1.807, 2.05) is 0 Å². The second kappa shape index (κ2) is 3.22. The number of hydrogen-bond acceptors (Lipinski definition) is 1. The highest BCUT2D eigenvalue weighted by atomic mass is 31.2. The van der Waals surface area contributed by atoms with E-state index in [-0.39, 0.29) is 0 Å². The molecule has 0 aromatic carbocycles. The highest BCUT2D eigenvalue weighted by molar-refractivity contribution is 7.71. The van der Waals surface area contributed by atoms with Crippen LogP contribution in [-0.2, 0) is 0 Å². The summed E-state index contributed by atoms with van der Waals surface area (Å²) in [4.78, 5) is 0. The maximum Gasteiger partial charge on any atom is 0.0132 e. The monoisotopic (exact) mass is 145 g/mol. The molecule has 0 aliphatic heterocycles. The van der Waals surface area contributed by atoms with Gasteiger partial charge in [-0.15, -0.1) is 0 Å². The van der Waals surface area contributed by atoms with Gasteiger partial charge in [-0.3, -0.25) is 4.76 Å². The lowest BCUT2D eigenvalue weighted by Gasteiger charge is -2.06. The highest BCUT2D eigenvalue weighted by Gasteiger charge is 1.93. The van der Waals surface area contributed by atoms with E-state index in [0.29, 0.717) is 0 Å². The summed E-state index contributed by atoms with van der Waals surface area (Å²) in [5.74, 6) is 0. The van der Waals surface area contributed by atoms with Crippen LogP contribution in [0.3, 0.4) is 0 Å². The van der Waals surface area contributed by atoms with Gasteiger partial charge in [-0.1, -0.05) is 13.2 Å². The Morgan fingerprint density at radius 2 is 2.00 bits per heavy atom. The van der Waals surface area contributed by atoms with Crippen molar-refractivity contribution in [3.05, 3.63) is 0 Å². The summed E-state index contributed by atoms with van der Waals surface area (Å²) in [7, 11) is -1.15. The third kappa shape index (κ3) is 5.85. The van der Waals surface area contributed by atoms with Crippen LogP contribution < -0.4 is 0 Å². The van der Waals surface area contributed by atoms with E-state index in [1.165, 1.54) is 5.71 Å². The van der Waals surface area contributed by atoms with Crippen molar-refractivity contribution in [2.75, 3.05) is 13.3 Å². The lowest BCUT2D eigenvalue weighted by atomic mass is 10.3. The van der Waals surface area contributed by atoms with E-state index >= 15 is 0 Å². The Labute approximate surface area is 58.2 Å². The molecule has 9 heavy (non-hydrogen) atoms. The van der Waals surface area contributed by atoms with Crippen molar-refractivity contribution in [3.8, 4) is 0 Å². The molecule has 0 bridgehead atoms. The van der Waals surface area contributed by atoms with Crippen LogP contribution in [0.25, 0.3) is 0 Å². The lowest BCUT2D eigenvalue weighted by Crippen LogP contribution is -1.86. The van der Waals surface area contributed by atoms with Gasteiger partial charge in [0.1, 0.15) is 0 Å². The number of rotatable bonds is 2. The average molecular weight is 145 g/mol. The molecule has 0 spiro atoms. The van der Waals surface area contributed by atoms with Gasteiger partial charge in [0.25, 0.3) is 0 Å². The van der Waals surface area contributed by atoms with Crippen molar-refractivity contribution in [1.82, 2.24) is 0 Å². The van der Waals surface area contributed by atoms with Crippen molar-refractivity contribution in [2.45, 2.75) is 20.3 Å². The largest absolute Gasteiger partial charge is 0.274 e. The molecule has 0 saturated carbocycles. The molecule has 0 aliphatic rings. The van der Waals surface area contributed by atoms with Crippen LogP contribution >= 0.6 is 7.04 Å². The topological polar surface area (TPSA) is 12.4 Å². The molecule has 0 aromatic heterocycles. The molecule has 0 unspecified atom stereocenters. The van der Waals surface area contributed by atoms with Gasteiger partial charge in [0, 0.05) is 5.71 Å². The zero-order chi connectivity index (χ0) is 7.49. The van der Waals surface area contributed by atoms with Gasteiger partial charge < -0.3 is 0 Å². The Hall–Kier alpha value is -0.0300. The molecular weight excluding hydrogens is 129 g/mol. The molecule has 0 rings (SSSR count). The van der Waals surface area contributed by atoms with Crippen LogP contribution in [0.15, 0.2) is 4.76 Å². The summed E-state index contributed by atoms with van der Waals surface area (Å²) >= 11 is 0. The SMILES string of the molecule is C=P(C)(C)N=C(C)CC. The summed E-state index contributed by atoms with van der Waals surface area (Å²) in [6.07, 6.45) is 5.04. The highest BCUT2D eigenvalue weighted by Crippen LogP contribution is 2.37. The molecule has 2 heteroatoms. The van der Waals surface area contributed by atoms with Gasteiger partial charge in [0.05, 0.1) is 0 Å². The normalized spacial score (nSPS) is 14.0. The molecule has 0 saturated heterocycles. The first-order chi connectivity index (χ1) is 3.95. The van der Waals surface area contributed by atoms with E-state index in [2.05, 4.69) is 38.2 Å². The molecule has 0 atom stereocenters. The minimum atomic E-state index is -1.15. The summed E-state index contributed by atoms with van der Waals surface area (Å²) in [6, 6.07) is 0. The summed E-state index contributed by atoms with van der Waals surface area (Å²) in [5.41, 5.74) is 1.23. The van der Waals surface area contributed by atoms with Crippen LogP contribution in [-0.4, -0.2) is 25.3 Å². The molecule has 0 aliphatic carbocycles. The molecule has 0 fully saturated rings. The molecule has 0 N–H and O–H groups in total. The minimum Gasteiger partial charge on any atom is -0.274 e. The molecule has 0 heterocycles. The van der Waals surface area contributed by atoms with Crippen LogP contribution in [0.1, 0.15) is 20.3 Å². The smallest absolute Gasteiger partial charge is 0.0132 e. The number of hydrogen-bond donors (Lipinski definition) is 0. The summed E-state index contributed by atoms with van der Waals surface area (Å²) in [6.45, 7) is 8.42.